The van der Waals surface area contributed by atoms with Crippen molar-refractivity contribution in [3.8, 4) is 0 Å². The summed E-state index contributed by atoms with van der Waals surface area (Å²) in [6.45, 7) is 4.14. The number of aliphatic hydroxyl groups excluding tert-OH is 1. The molecule has 0 fully saturated rings. The maximum atomic E-state index is 10.2. The van der Waals surface area contributed by atoms with Gasteiger partial charge in [0, 0.05) is 0 Å². The Morgan fingerprint density at radius 3 is 2.12 bits per heavy atom. The molecule has 0 saturated heterocycles. The highest BCUT2D eigenvalue weighted by atomic mass is 16.3. The fourth-order valence-corrected chi connectivity index (χ4v) is 1.76. The summed E-state index contributed by atoms with van der Waals surface area (Å²) in [5.41, 5.74) is 4.36. The molecule has 0 aliphatic rings. The van der Waals surface area contributed by atoms with Gasteiger partial charge in [0.25, 0.3) is 0 Å². The molecule has 1 nitrogen and oxygen atoms in total. The third-order valence-electron chi connectivity index (χ3n) is 2.96. The predicted octanol–water partition coefficient (Wildman–Crippen LogP) is 3.39. The average molecular weight is 212 g/mol. The minimum Gasteiger partial charge on any atom is -0.384 e. The third-order valence-corrected chi connectivity index (χ3v) is 2.96. The zero-order chi connectivity index (χ0) is 11.5. The summed E-state index contributed by atoms with van der Waals surface area (Å²) in [5.74, 6) is 0. The summed E-state index contributed by atoms with van der Waals surface area (Å²) in [4.78, 5) is 0. The standard InChI is InChI=1S/C15H16O/c1-11-8-9-14(10-12(11)2)15(16)13-6-4-3-5-7-13/h3-10,15-16H,1-2H3/t15-/m1/s1. The van der Waals surface area contributed by atoms with Crippen LogP contribution in [0.4, 0.5) is 0 Å². The van der Waals surface area contributed by atoms with Gasteiger partial charge in [-0.3, -0.25) is 0 Å². The van der Waals surface area contributed by atoms with Crippen LogP contribution in [0, 0.1) is 13.8 Å². The van der Waals surface area contributed by atoms with E-state index in [1.807, 2.05) is 42.5 Å². The first kappa shape index (κ1) is 10.9. The van der Waals surface area contributed by atoms with Crippen molar-refractivity contribution in [2.75, 3.05) is 0 Å². The van der Waals surface area contributed by atoms with Gasteiger partial charge in [0.15, 0.2) is 0 Å². The van der Waals surface area contributed by atoms with E-state index in [0.717, 1.165) is 11.1 Å². The quantitative estimate of drug-likeness (QED) is 0.809. The molecule has 0 saturated carbocycles. The molecule has 0 amide bonds. The molecule has 0 aromatic heterocycles. The highest BCUT2D eigenvalue weighted by molar-refractivity contribution is 5.35. The Balaban J connectivity index is 2.34. The van der Waals surface area contributed by atoms with Gasteiger partial charge in [-0.2, -0.15) is 0 Å². The van der Waals surface area contributed by atoms with Crippen molar-refractivity contribution in [1.29, 1.82) is 0 Å². The lowest BCUT2D eigenvalue weighted by Crippen LogP contribution is -2.00. The maximum Gasteiger partial charge on any atom is 0.104 e. The van der Waals surface area contributed by atoms with Crippen molar-refractivity contribution < 1.29 is 5.11 Å². The topological polar surface area (TPSA) is 20.2 Å². The average Bonchev–Trinajstić information content (AvgIpc) is 2.33. The van der Waals surface area contributed by atoms with Crippen molar-refractivity contribution in [3.05, 3.63) is 70.8 Å². The Labute approximate surface area is 96.4 Å². The molecule has 0 unspecified atom stereocenters. The molecule has 2 aromatic rings. The van der Waals surface area contributed by atoms with Crippen LogP contribution in [0.15, 0.2) is 48.5 Å². The highest BCUT2D eigenvalue weighted by Gasteiger charge is 2.09. The van der Waals surface area contributed by atoms with Gasteiger partial charge in [-0.05, 0) is 36.1 Å². The molecule has 2 rings (SSSR count). The highest BCUT2D eigenvalue weighted by Crippen LogP contribution is 2.23. The number of benzene rings is 2. The minimum absolute atomic E-state index is 0.527. The molecule has 0 aliphatic carbocycles. The number of aryl methyl sites for hydroxylation is 2. The van der Waals surface area contributed by atoms with Gasteiger partial charge in [-0.1, -0.05) is 48.5 Å². The SMILES string of the molecule is Cc1ccc([C@H](O)c2ccccc2)cc1C. The molecular formula is C15H16O. The summed E-state index contributed by atoms with van der Waals surface area (Å²) >= 11 is 0. The van der Waals surface area contributed by atoms with Crippen molar-refractivity contribution in [2.24, 2.45) is 0 Å². The van der Waals surface area contributed by atoms with E-state index < -0.39 is 6.10 Å². The van der Waals surface area contributed by atoms with Crippen LogP contribution in [0.5, 0.6) is 0 Å². The van der Waals surface area contributed by atoms with Gasteiger partial charge in [0.05, 0.1) is 0 Å². The summed E-state index contributed by atoms with van der Waals surface area (Å²) < 4.78 is 0. The lowest BCUT2D eigenvalue weighted by Gasteiger charge is -2.12. The molecule has 2 aromatic carbocycles. The molecule has 0 aliphatic heterocycles. The lowest BCUT2D eigenvalue weighted by atomic mass is 9.98. The molecule has 0 heterocycles. The van der Waals surface area contributed by atoms with E-state index in [2.05, 4.69) is 19.9 Å². The Kier molecular flexibility index (Phi) is 3.07. The predicted molar refractivity (Wildman–Crippen MR) is 66.4 cm³/mol. The summed E-state index contributed by atoms with van der Waals surface area (Å²) in [7, 11) is 0. The van der Waals surface area contributed by atoms with Gasteiger partial charge in [-0.25, -0.2) is 0 Å². The first-order chi connectivity index (χ1) is 7.68. The van der Waals surface area contributed by atoms with E-state index >= 15 is 0 Å². The fourth-order valence-electron chi connectivity index (χ4n) is 1.76. The molecule has 0 bridgehead atoms. The van der Waals surface area contributed by atoms with E-state index in [0.29, 0.717) is 0 Å². The number of rotatable bonds is 2. The van der Waals surface area contributed by atoms with Gasteiger partial charge in [0.1, 0.15) is 6.10 Å². The lowest BCUT2D eigenvalue weighted by molar-refractivity contribution is 0.220. The van der Waals surface area contributed by atoms with Crippen molar-refractivity contribution in [3.63, 3.8) is 0 Å². The minimum atomic E-state index is -0.527. The largest absolute Gasteiger partial charge is 0.384 e. The van der Waals surface area contributed by atoms with E-state index in [-0.39, 0.29) is 0 Å². The van der Waals surface area contributed by atoms with E-state index in [1.165, 1.54) is 11.1 Å². The Morgan fingerprint density at radius 2 is 1.50 bits per heavy atom. The Hall–Kier alpha value is -1.60. The second-order valence-corrected chi connectivity index (χ2v) is 4.16. The van der Waals surface area contributed by atoms with Gasteiger partial charge < -0.3 is 5.11 Å². The van der Waals surface area contributed by atoms with Gasteiger partial charge >= 0.3 is 0 Å². The van der Waals surface area contributed by atoms with Crippen molar-refractivity contribution >= 4 is 0 Å². The van der Waals surface area contributed by atoms with Crippen LogP contribution >= 0.6 is 0 Å². The van der Waals surface area contributed by atoms with Gasteiger partial charge in [-0.15, -0.1) is 0 Å². The molecule has 0 radical (unpaired) electrons. The zero-order valence-corrected chi connectivity index (χ0v) is 9.64. The number of aliphatic hydroxyl groups is 1. The smallest absolute Gasteiger partial charge is 0.104 e. The van der Waals surface area contributed by atoms with Crippen molar-refractivity contribution in [1.82, 2.24) is 0 Å². The van der Waals surface area contributed by atoms with Crippen LogP contribution in [-0.2, 0) is 0 Å². The number of hydrogen-bond acceptors (Lipinski definition) is 1. The van der Waals surface area contributed by atoms with Crippen LogP contribution in [0.1, 0.15) is 28.4 Å². The Bertz CT molecular complexity index is 474. The monoisotopic (exact) mass is 212 g/mol. The molecule has 0 spiro atoms. The first-order valence-electron chi connectivity index (χ1n) is 5.48. The molecule has 1 atom stereocenters. The molecule has 1 N–H and O–H groups in total. The molecule has 16 heavy (non-hydrogen) atoms. The van der Waals surface area contributed by atoms with Crippen molar-refractivity contribution in [2.45, 2.75) is 20.0 Å². The van der Waals surface area contributed by atoms with E-state index in [1.54, 1.807) is 0 Å². The molecule has 1 heteroatoms. The third kappa shape index (κ3) is 2.15. The number of hydrogen-bond donors (Lipinski definition) is 1. The zero-order valence-electron chi connectivity index (χ0n) is 9.64. The van der Waals surface area contributed by atoms with Gasteiger partial charge in [0.2, 0.25) is 0 Å². The summed E-state index contributed by atoms with van der Waals surface area (Å²) in [6.07, 6.45) is -0.527. The Morgan fingerprint density at radius 1 is 0.812 bits per heavy atom. The van der Waals surface area contributed by atoms with Crippen LogP contribution in [0.2, 0.25) is 0 Å². The second kappa shape index (κ2) is 4.50. The van der Waals surface area contributed by atoms with Crippen LogP contribution in [-0.4, -0.2) is 5.11 Å². The summed E-state index contributed by atoms with van der Waals surface area (Å²) in [5, 5.41) is 10.2. The first-order valence-corrected chi connectivity index (χ1v) is 5.48. The van der Waals surface area contributed by atoms with Crippen LogP contribution in [0.3, 0.4) is 0 Å². The van der Waals surface area contributed by atoms with E-state index in [4.69, 9.17) is 0 Å². The van der Waals surface area contributed by atoms with Crippen LogP contribution in [0.25, 0.3) is 0 Å². The normalized spacial score (nSPS) is 12.4. The second-order valence-electron chi connectivity index (χ2n) is 4.16. The molecule has 82 valence electrons. The van der Waals surface area contributed by atoms with E-state index in [9.17, 15) is 5.11 Å². The fraction of sp³-hybridized carbons (Fsp3) is 0.200. The summed E-state index contributed by atoms with van der Waals surface area (Å²) in [6, 6.07) is 15.8. The molecular weight excluding hydrogens is 196 g/mol. The van der Waals surface area contributed by atoms with Crippen LogP contribution < -0.4 is 0 Å². The maximum absolute atomic E-state index is 10.2.